The molecule has 3 aromatic rings. The standard InChI is InChI=1S/C34H38N4O4/c1-23-15-19-37(20-16-23)33(41)27-7-3-5-9-29(27)35-31(39)25-11-13-26(14-12-25)32(40)36-30-10-6-4-8-28(30)34(42)38-21-17-24(2)18-22-38/h3-14,23-24H,15-22H2,1-2H3,(H,35,39)(H,36,40). The fourth-order valence-corrected chi connectivity index (χ4v) is 5.48. The third kappa shape index (κ3) is 6.70. The van der Waals surface area contributed by atoms with Crippen LogP contribution in [0, 0.1) is 11.8 Å². The molecule has 2 aliphatic rings. The Morgan fingerprint density at radius 3 is 1.24 bits per heavy atom. The Labute approximate surface area is 247 Å². The smallest absolute Gasteiger partial charge is 0.255 e. The summed E-state index contributed by atoms with van der Waals surface area (Å²) in [6.45, 7) is 7.23. The summed E-state index contributed by atoms with van der Waals surface area (Å²) in [7, 11) is 0. The van der Waals surface area contributed by atoms with E-state index in [0.717, 1.165) is 25.7 Å². The van der Waals surface area contributed by atoms with Crippen LogP contribution in [0.4, 0.5) is 11.4 Å². The second-order valence-corrected chi connectivity index (χ2v) is 11.5. The van der Waals surface area contributed by atoms with Gasteiger partial charge in [-0.1, -0.05) is 38.1 Å². The Balaban J connectivity index is 1.24. The Hall–Kier alpha value is -4.46. The lowest BCUT2D eigenvalue weighted by molar-refractivity contribution is 0.0690. The lowest BCUT2D eigenvalue weighted by Gasteiger charge is -2.30. The number of likely N-dealkylation sites (tertiary alicyclic amines) is 2. The highest BCUT2D eigenvalue weighted by molar-refractivity contribution is 6.11. The van der Waals surface area contributed by atoms with Crippen LogP contribution in [0.15, 0.2) is 72.8 Å². The summed E-state index contributed by atoms with van der Waals surface area (Å²) < 4.78 is 0. The predicted molar refractivity (Wildman–Crippen MR) is 164 cm³/mol. The number of para-hydroxylation sites is 2. The number of nitrogens with one attached hydrogen (secondary N) is 2. The summed E-state index contributed by atoms with van der Waals surface area (Å²) in [5, 5.41) is 5.74. The largest absolute Gasteiger partial charge is 0.339 e. The maximum atomic E-state index is 13.2. The highest BCUT2D eigenvalue weighted by atomic mass is 16.2. The molecule has 2 aliphatic heterocycles. The van der Waals surface area contributed by atoms with E-state index in [2.05, 4.69) is 24.5 Å². The molecular weight excluding hydrogens is 528 g/mol. The molecule has 2 heterocycles. The molecule has 4 amide bonds. The number of piperidine rings is 2. The van der Waals surface area contributed by atoms with Gasteiger partial charge >= 0.3 is 0 Å². The van der Waals surface area contributed by atoms with Crippen LogP contribution in [-0.2, 0) is 0 Å². The number of rotatable bonds is 6. The van der Waals surface area contributed by atoms with Crippen LogP contribution in [-0.4, -0.2) is 59.6 Å². The minimum Gasteiger partial charge on any atom is -0.339 e. The van der Waals surface area contributed by atoms with E-state index in [1.165, 1.54) is 0 Å². The van der Waals surface area contributed by atoms with Gasteiger partial charge in [0.25, 0.3) is 23.6 Å². The molecule has 2 N–H and O–H groups in total. The third-order valence-corrected chi connectivity index (χ3v) is 8.36. The van der Waals surface area contributed by atoms with Crippen molar-refractivity contribution in [2.75, 3.05) is 36.8 Å². The minimum absolute atomic E-state index is 0.0848. The summed E-state index contributed by atoms with van der Waals surface area (Å²) in [5.74, 6) is 0.295. The van der Waals surface area contributed by atoms with Crippen molar-refractivity contribution in [2.45, 2.75) is 39.5 Å². The molecule has 0 atom stereocenters. The molecule has 42 heavy (non-hydrogen) atoms. The van der Waals surface area contributed by atoms with Gasteiger partial charge in [-0.15, -0.1) is 0 Å². The van der Waals surface area contributed by atoms with Crippen LogP contribution >= 0.6 is 0 Å². The third-order valence-electron chi connectivity index (χ3n) is 8.36. The molecule has 218 valence electrons. The molecule has 5 rings (SSSR count). The molecule has 2 saturated heterocycles. The predicted octanol–water partition coefficient (Wildman–Crippen LogP) is 5.94. The zero-order chi connectivity index (χ0) is 29.6. The first-order valence-corrected chi connectivity index (χ1v) is 14.8. The second-order valence-electron chi connectivity index (χ2n) is 11.5. The SMILES string of the molecule is CC1CCN(C(=O)c2ccccc2NC(=O)c2ccc(C(=O)Nc3ccccc3C(=O)N3CCC(C)CC3)cc2)CC1. The van der Waals surface area contributed by atoms with Crippen molar-refractivity contribution in [3.8, 4) is 0 Å². The van der Waals surface area contributed by atoms with Gasteiger partial charge in [0.2, 0.25) is 0 Å². The van der Waals surface area contributed by atoms with Gasteiger partial charge in [-0.05, 0) is 86.1 Å². The second kappa shape index (κ2) is 13.0. The number of hydrogen-bond donors (Lipinski definition) is 2. The highest BCUT2D eigenvalue weighted by Crippen LogP contribution is 2.24. The van der Waals surface area contributed by atoms with Gasteiger partial charge < -0.3 is 20.4 Å². The van der Waals surface area contributed by atoms with Crippen LogP contribution in [0.5, 0.6) is 0 Å². The van der Waals surface area contributed by atoms with E-state index in [4.69, 9.17) is 0 Å². The molecule has 2 fully saturated rings. The van der Waals surface area contributed by atoms with Gasteiger partial charge in [0.1, 0.15) is 0 Å². The van der Waals surface area contributed by atoms with E-state index < -0.39 is 0 Å². The number of carbonyl (C=O) groups excluding carboxylic acids is 4. The molecule has 0 aromatic heterocycles. The van der Waals surface area contributed by atoms with E-state index in [0.29, 0.717) is 71.6 Å². The van der Waals surface area contributed by atoms with Crippen LogP contribution in [0.3, 0.4) is 0 Å². The van der Waals surface area contributed by atoms with Gasteiger partial charge in [0.15, 0.2) is 0 Å². The Morgan fingerprint density at radius 1 is 0.548 bits per heavy atom. The number of amides is 4. The first kappa shape index (κ1) is 29.0. The van der Waals surface area contributed by atoms with Crippen molar-refractivity contribution in [3.63, 3.8) is 0 Å². The number of anilines is 2. The molecular formula is C34H38N4O4. The average Bonchev–Trinajstić information content (AvgIpc) is 3.02. The Kier molecular flexibility index (Phi) is 9.00. The van der Waals surface area contributed by atoms with Crippen LogP contribution in [0.2, 0.25) is 0 Å². The topological polar surface area (TPSA) is 98.8 Å². The zero-order valence-corrected chi connectivity index (χ0v) is 24.3. The lowest BCUT2D eigenvalue weighted by Crippen LogP contribution is -2.38. The van der Waals surface area contributed by atoms with Gasteiger partial charge in [0, 0.05) is 37.3 Å². The highest BCUT2D eigenvalue weighted by Gasteiger charge is 2.25. The van der Waals surface area contributed by atoms with E-state index >= 15 is 0 Å². The van der Waals surface area contributed by atoms with Crippen molar-refractivity contribution in [2.24, 2.45) is 11.8 Å². The van der Waals surface area contributed by atoms with Crippen LogP contribution in [0.25, 0.3) is 0 Å². The van der Waals surface area contributed by atoms with Crippen molar-refractivity contribution >= 4 is 35.0 Å². The Morgan fingerprint density at radius 2 is 0.881 bits per heavy atom. The molecule has 0 bridgehead atoms. The average molecular weight is 567 g/mol. The van der Waals surface area contributed by atoms with E-state index in [1.54, 1.807) is 72.8 Å². The summed E-state index contributed by atoms with van der Waals surface area (Å²) >= 11 is 0. The van der Waals surface area contributed by atoms with Crippen molar-refractivity contribution in [1.82, 2.24) is 9.80 Å². The van der Waals surface area contributed by atoms with E-state index in [9.17, 15) is 19.2 Å². The minimum atomic E-state index is -0.374. The molecule has 0 aliphatic carbocycles. The summed E-state index contributed by atoms with van der Waals surface area (Å²) in [5.41, 5.74) is 2.55. The van der Waals surface area contributed by atoms with Crippen molar-refractivity contribution in [1.29, 1.82) is 0 Å². The summed E-state index contributed by atoms with van der Waals surface area (Å²) in [4.78, 5) is 56.3. The van der Waals surface area contributed by atoms with E-state index in [-0.39, 0.29) is 23.6 Å². The summed E-state index contributed by atoms with van der Waals surface area (Å²) in [6, 6.07) is 20.4. The molecule has 8 heteroatoms. The van der Waals surface area contributed by atoms with Gasteiger partial charge in [-0.3, -0.25) is 19.2 Å². The quantitative estimate of drug-likeness (QED) is 0.386. The maximum absolute atomic E-state index is 13.2. The fourth-order valence-electron chi connectivity index (χ4n) is 5.48. The van der Waals surface area contributed by atoms with Gasteiger partial charge in [-0.25, -0.2) is 0 Å². The first-order chi connectivity index (χ1) is 20.3. The number of hydrogen-bond acceptors (Lipinski definition) is 4. The number of benzene rings is 3. The Bertz CT molecular complexity index is 1340. The molecule has 3 aromatic carbocycles. The number of nitrogens with zero attached hydrogens (tertiary/aromatic N) is 2. The lowest BCUT2D eigenvalue weighted by atomic mass is 9.98. The molecule has 0 unspecified atom stereocenters. The van der Waals surface area contributed by atoms with Crippen LogP contribution < -0.4 is 10.6 Å². The van der Waals surface area contributed by atoms with Crippen LogP contribution in [0.1, 0.15) is 81.0 Å². The maximum Gasteiger partial charge on any atom is 0.255 e. The first-order valence-electron chi connectivity index (χ1n) is 14.8. The molecule has 8 nitrogen and oxygen atoms in total. The van der Waals surface area contributed by atoms with E-state index in [1.807, 2.05) is 9.80 Å². The van der Waals surface area contributed by atoms with Gasteiger partial charge in [-0.2, -0.15) is 0 Å². The van der Waals surface area contributed by atoms with Gasteiger partial charge in [0.05, 0.1) is 22.5 Å². The normalized spacial score (nSPS) is 16.1. The number of carbonyl (C=O) groups is 4. The van der Waals surface area contributed by atoms with Crippen molar-refractivity contribution < 1.29 is 19.2 Å². The zero-order valence-electron chi connectivity index (χ0n) is 24.3. The molecule has 0 spiro atoms. The summed E-state index contributed by atoms with van der Waals surface area (Å²) in [6.07, 6.45) is 3.89. The molecule has 0 radical (unpaired) electrons. The molecule has 0 saturated carbocycles. The fraction of sp³-hybridized carbons (Fsp3) is 0.353. The monoisotopic (exact) mass is 566 g/mol. The van der Waals surface area contributed by atoms with Crippen molar-refractivity contribution in [3.05, 3.63) is 95.1 Å².